The molecule has 1 amide bonds. The molecule has 1 N–H and O–H groups in total. The van der Waals surface area contributed by atoms with Gasteiger partial charge in [-0.3, -0.25) is 20.2 Å². The second-order valence-electron chi connectivity index (χ2n) is 4.74. The number of nitrogens with zero attached hydrogens (tertiary/aromatic N) is 4. The van der Waals surface area contributed by atoms with Gasteiger partial charge < -0.3 is 4.84 Å². The van der Waals surface area contributed by atoms with Crippen LogP contribution in [0.25, 0.3) is 5.69 Å². The molecule has 0 aliphatic rings. The van der Waals surface area contributed by atoms with Gasteiger partial charge in [0.1, 0.15) is 25.2 Å². The minimum Gasteiger partial charge on any atom is -0.399 e. The molecule has 144 valence electrons. The van der Waals surface area contributed by atoms with Crippen molar-refractivity contribution in [1.82, 2.24) is 9.78 Å². The number of carbonyl (C=O) groups excluding carboxylic acids is 1. The number of amides is 1. The molecular formula is C13H8ClF4N5O4. The van der Waals surface area contributed by atoms with E-state index in [1.807, 2.05) is 5.32 Å². The molecule has 0 saturated carbocycles. The Morgan fingerprint density at radius 1 is 1.48 bits per heavy atom. The van der Waals surface area contributed by atoms with Crippen molar-refractivity contribution in [2.45, 2.75) is 6.18 Å². The highest BCUT2D eigenvalue weighted by atomic mass is 35.5. The first kappa shape index (κ1) is 20.1. The fourth-order valence-corrected chi connectivity index (χ4v) is 2.23. The van der Waals surface area contributed by atoms with Gasteiger partial charge in [-0.1, -0.05) is 16.8 Å². The summed E-state index contributed by atoms with van der Waals surface area (Å²) in [6.07, 6.45) is -3.59. The molecule has 0 fully saturated rings. The van der Waals surface area contributed by atoms with E-state index in [-0.39, 0.29) is 6.07 Å². The number of oxime groups is 1. The van der Waals surface area contributed by atoms with Gasteiger partial charge in [-0.05, 0) is 12.1 Å². The lowest BCUT2D eigenvalue weighted by molar-refractivity contribution is -0.384. The number of halogens is 5. The Morgan fingerprint density at radius 3 is 2.67 bits per heavy atom. The molecule has 0 atom stereocenters. The molecule has 0 aliphatic heterocycles. The standard InChI is InChI=1S/C13H8ClF4N5O4/c1-27-20-5-10(24)21-12-9(23(25)26)4-19-22(12)11-7(14)2-6(3-8(11)15)13(16,17)18/h2-5H,1H3,(H,21,24). The van der Waals surface area contributed by atoms with Crippen LogP contribution >= 0.6 is 11.6 Å². The molecule has 0 aliphatic carbocycles. The fraction of sp³-hybridized carbons (Fsp3) is 0.154. The number of hydrogen-bond acceptors (Lipinski definition) is 6. The molecule has 0 bridgehead atoms. The Hall–Kier alpha value is -3.22. The highest BCUT2D eigenvalue weighted by molar-refractivity contribution is 6.33. The maximum absolute atomic E-state index is 14.3. The number of hydrogen-bond donors (Lipinski definition) is 1. The van der Waals surface area contributed by atoms with Crippen LogP contribution in [-0.2, 0) is 15.8 Å². The van der Waals surface area contributed by atoms with E-state index in [0.717, 1.165) is 7.11 Å². The number of carbonyl (C=O) groups is 1. The van der Waals surface area contributed by atoms with E-state index in [4.69, 9.17) is 11.6 Å². The summed E-state index contributed by atoms with van der Waals surface area (Å²) in [4.78, 5) is 26.1. The quantitative estimate of drug-likeness (QED) is 0.353. The average molecular weight is 410 g/mol. The molecule has 9 nitrogen and oxygen atoms in total. The summed E-state index contributed by atoms with van der Waals surface area (Å²) in [7, 11) is 1.13. The van der Waals surface area contributed by atoms with Crippen molar-refractivity contribution in [3.63, 3.8) is 0 Å². The SMILES string of the molecule is CON=CC(=O)Nc1c([N+](=O)[O-])cnn1-c1c(F)cc(C(F)(F)F)cc1Cl. The summed E-state index contributed by atoms with van der Waals surface area (Å²) in [5.41, 5.74) is -2.85. The van der Waals surface area contributed by atoms with E-state index in [2.05, 4.69) is 15.1 Å². The molecule has 1 aromatic heterocycles. The number of benzene rings is 1. The summed E-state index contributed by atoms with van der Waals surface area (Å²) >= 11 is 5.73. The number of aromatic nitrogens is 2. The molecule has 0 radical (unpaired) electrons. The Bertz CT molecular complexity index is 905. The lowest BCUT2D eigenvalue weighted by atomic mass is 10.2. The van der Waals surface area contributed by atoms with Gasteiger partial charge in [-0.15, -0.1) is 0 Å². The summed E-state index contributed by atoms with van der Waals surface area (Å²) in [6, 6.07) is 0.568. The topological polar surface area (TPSA) is 112 Å². The van der Waals surface area contributed by atoms with Gasteiger partial charge in [-0.25, -0.2) is 9.07 Å². The van der Waals surface area contributed by atoms with Crippen LogP contribution in [0.3, 0.4) is 0 Å². The van der Waals surface area contributed by atoms with Crippen LogP contribution in [0.15, 0.2) is 23.5 Å². The second-order valence-corrected chi connectivity index (χ2v) is 5.15. The Morgan fingerprint density at radius 2 is 2.15 bits per heavy atom. The van der Waals surface area contributed by atoms with E-state index in [0.29, 0.717) is 23.2 Å². The monoisotopic (exact) mass is 409 g/mol. The van der Waals surface area contributed by atoms with Crippen LogP contribution in [0.5, 0.6) is 0 Å². The van der Waals surface area contributed by atoms with Crippen molar-refractivity contribution in [3.8, 4) is 5.69 Å². The zero-order valence-corrected chi connectivity index (χ0v) is 13.9. The van der Waals surface area contributed by atoms with E-state index in [1.165, 1.54) is 0 Å². The van der Waals surface area contributed by atoms with Crippen LogP contribution in [0.2, 0.25) is 5.02 Å². The Kier molecular flexibility index (Phi) is 5.64. The van der Waals surface area contributed by atoms with Crippen LogP contribution in [0.1, 0.15) is 5.56 Å². The normalized spacial score (nSPS) is 11.6. The number of nitrogens with one attached hydrogen (secondary N) is 1. The molecule has 0 unspecified atom stereocenters. The third-order valence-corrected chi connectivity index (χ3v) is 3.31. The first-order valence-electron chi connectivity index (χ1n) is 6.72. The van der Waals surface area contributed by atoms with E-state index >= 15 is 0 Å². The minimum absolute atomic E-state index is 0.146. The van der Waals surface area contributed by atoms with Gasteiger partial charge in [0, 0.05) is 0 Å². The maximum atomic E-state index is 14.3. The maximum Gasteiger partial charge on any atom is 0.416 e. The molecule has 14 heteroatoms. The molecular weight excluding hydrogens is 402 g/mol. The van der Waals surface area contributed by atoms with Crippen molar-refractivity contribution >= 4 is 35.2 Å². The fourth-order valence-electron chi connectivity index (χ4n) is 1.94. The Labute approximate surface area is 152 Å². The van der Waals surface area contributed by atoms with Gasteiger partial charge in [0.2, 0.25) is 5.82 Å². The van der Waals surface area contributed by atoms with E-state index in [9.17, 15) is 32.5 Å². The summed E-state index contributed by atoms with van der Waals surface area (Å²) in [6.45, 7) is 0. The summed E-state index contributed by atoms with van der Waals surface area (Å²) in [5, 5.41) is 19.0. The molecule has 1 heterocycles. The number of nitro groups is 1. The lowest BCUT2D eigenvalue weighted by Gasteiger charge is -2.13. The van der Waals surface area contributed by atoms with Gasteiger partial charge in [-0.2, -0.15) is 18.3 Å². The van der Waals surface area contributed by atoms with Gasteiger partial charge >= 0.3 is 11.9 Å². The smallest absolute Gasteiger partial charge is 0.399 e. The molecule has 27 heavy (non-hydrogen) atoms. The third-order valence-electron chi connectivity index (χ3n) is 3.02. The number of alkyl halides is 3. The summed E-state index contributed by atoms with van der Waals surface area (Å²) in [5.74, 6) is -3.12. The van der Waals surface area contributed by atoms with Crippen molar-refractivity contribution in [2.75, 3.05) is 12.4 Å². The number of rotatable bonds is 5. The minimum atomic E-state index is -4.87. The predicted octanol–water partition coefficient (Wildman–Crippen LogP) is 3.16. The van der Waals surface area contributed by atoms with Crippen molar-refractivity contribution in [3.05, 3.63) is 44.8 Å². The van der Waals surface area contributed by atoms with E-state index in [1.54, 1.807) is 0 Å². The lowest BCUT2D eigenvalue weighted by Crippen LogP contribution is -2.18. The van der Waals surface area contributed by atoms with Crippen LogP contribution in [-0.4, -0.2) is 33.9 Å². The molecule has 1 aromatic carbocycles. The second kappa shape index (κ2) is 7.57. The van der Waals surface area contributed by atoms with E-state index < -0.39 is 50.6 Å². The molecule has 0 saturated heterocycles. The van der Waals surface area contributed by atoms with Crippen LogP contribution in [0, 0.1) is 15.9 Å². The summed E-state index contributed by atoms with van der Waals surface area (Å²) < 4.78 is 53.0. The highest BCUT2D eigenvalue weighted by Gasteiger charge is 2.33. The van der Waals surface area contributed by atoms with Crippen molar-refractivity contribution in [2.24, 2.45) is 5.16 Å². The molecule has 0 spiro atoms. The van der Waals surface area contributed by atoms with Crippen molar-refractivity contribution < 1.29 is 32.1 Å². The van der Waals surface area contributed by atoms with Crippen LogP contribution < -0.4 is 5.32 Å². The van der Waals surface area contributed by atoms with Crippen LogP contribution in [0.4, 0.5) is 29.1 Å². The first-order valence-corrected chi connectivity index (χ1v) is 7.10. The zero-order chi connectivity index (χ0) is 20.4. The van der Waals surface area contributed by atoms with Gasteiger partial charge in [0.25, 0.3) is 5.91 Å². The predicted molar refractivity (Wildman–Crippen MR) is 84.3 cm³/mol. The third kappa shape index (κ3) is 4.31. The Balaban J connectivity index is 2.61. The average Bonchev–Trinajstić information content (AvgIpc) is 2.95. The van der Waals surface area contributed by atoms with Gasteiger partial charge in [0.15, 0.2) is 5.82 Å². The molecule has 2 aromatic rings. The van der Waals surface area contributed by atoms with Gasteiger partial charge in [0.05, 0.1) is 15.5 Å². The highest BCUT2D eigenvalue weighted by Crippen LogP contribution is 2.37. The largest absolute Gasteiger partial charge is 0.416 e. The first-order chi connectivity index (χ1) is 12.6. The zero-order valence-electron chi connectivity index (χ0n) is 13.1. The van der Waals surface area contributed by atoms with Crippen molar-refractivity contribution in [1.29, 1.82) is 0 Å². The molecule has 2 rings (SSSR count). The number of anilines is 1.